The molecule has 5 heteroatoms. The van der Waals surface area contributed by atoms with Gasteiger partial charge in [0.15, 0.2) is 5.76 Å². The Morgan fingerprint density at radius 2 is 1.77 bits per heavy atom. The first kappa shape index (κ1) is 17.7. The second-order valence-corrected chi connectivity index (χ2v) is 7.01. The molecule has 0 aliphatic rings. The molecule has 0 aliphatic heterocycles. The van der Waals surface area contributed by atoms with Crippen molar-refractivity contribution in [1.82, 2.24) is 10.3 Å². The Bertz CT molecular complexity index is 906. The minimum absolute atomic E-state index is 0.155. The fourth-order valence-corrected chi connectivity index (χ4v) is 2.56. The highest BCUT2D eigenvalue weighted by atomic mass is 16.5. The number of amides is 1. The summed E-state index contributed by atoms with van der Waals surface area (Å²) in [6, 6.07) is 14.8. The molecular weight excluding hydrogens is 328 g/mol. The molecule has 0 radical (unpaired) electrons. The van der Waals surface area contributed by atoms with E-state index in [-0.39, 0.29) is 11.4 Å². The molecule has 0 fully saturated rings. The highest BCUT2D eigenvalue weighted by molar-refractivity contribution is 6.00. The van der Waals surface area contributed by atoms with Gasteiger partial charge in [0.25, 0.3) is 5.91 Å². The zero-order valence-corrected chi connectivity index (χ0v) is 15.4. The first-order chi connectivity index (χ1) is 12.4. The largest absolute Gasteiger partial charge is 0.497 e. The molecule has 1 aromatic heterocycles. The Labute approximate surface area is 153 Å². The summed E-state index contributed by atoms with van der Waals surface area (Å²) in [5.41, 5.74) is 1.76. The summed E-state index contributed by atoms with van der Waals surface area (Å²) in [7, 11) is 1.63. The van der Waals surface area contributed by atoms with Crippen molar-refractivity contribution in [3.63, 3.8) is 0 Å². The molecular formula is C21H22N2O3. The van der Waals surface area contributed by atoms with Gasteiger partial charge < -0.3 is 14.5 Å². The van der Waals surface area contributed by atoms with Gasteiger partial charge in [-0.15, -0.1) is 0 Å². The fraction of sp³-hybridized carbons (Fsp3) is 0.238. The minimum Gasteiger partial charge on any atom is -0.497 e. The Morgan fingerprint density at radius 1 is 1.08 bits per heavy atom. The molecule has 3 aromatic rings. The smallest absolute Gasteiger partial charge is 0.252 e. The van der Waals surface area contributed by atoms with E-state index in [1.54, 1.807) is 19.4 Å². The van der Waals surface area contributed by atoms with Gasteiger partial charge in [0, 0.05) is 16.7 Å². The van der Waals surface area contributed by atoms with Gasteiger partial charge in [-0.05, 0) is 57.2 Å². The lowest BCUT2D eigenvalue weighted by atomic mass is 10.0. The summed E-state index contributed by atoms with van der Waals surface area (Å²) in [5.74, 6) is 1.67. The van der Waals surface area contributed by atoms with Gasteiger partial charge >= 0.3 is 0 Å². The average Bonchev–Trinajstić information content (AvgIpc) is 3.10. The van der Waals surface area contributed by atoms with Crippen LogP contribution in [0.2, 0.25) is 0 Å². The SMILES string of the molecule is COc1ccc(-c2cnc(-c3ccccc3C(=O)NC(C)(C)C)o2)cc1. The van der Waals surface area contributed by atoms with Crippen LogP contribution in [0.4, 0.5) is 0 Å². The van der Waals surface area contributed by atoms with Crippen LogP contribution in [0.3, 0.4) is 0 Å². The van der Waals surface area contributed by atoms with Crippen LogP contribution in [0.15, 0.2) is 59.1 Å². The van der Waals surface area contributed by atoms with E-state index in [1.807, 2.05) is 63.2 Å². The third-order valence-corrected chi connectivity index (χ3v) is 3.77. The predicted octanol–water partition coefficient (Wildman–Crippen LogP) is 4.55. The number of methoxy groups -OCH3 is 1. The van der Waals surface area contributed by atoms with Gasteiger partial charge in [0.2, 0.25) is 5.89 Å². The zero-order chi connectivity index (χ0) is 18.7. The lowest BCUT2D eigenvalue weighted by Crippen LogP contribution is -2.40. The maximum Gasteiger partial charge on any atom is 0.252 e. The Morgan fingerprint density at radius 3 is 2.42 bits per heavy atom. The maximum absolute atomic E-state index is 12.6. The van der Waals surface area contributed by atoms with E-state index in [0.717, 1.165) is 11.3 Å². The van der Waals surface area contributed by atoms with Crippen LogP contribution >= 0.6 is 0 Å². The summed E-state index contributed by atoms with van der Waals surface area (Å²) in [6.07, 6.45) is 1.66. The number of nitrogens with one attached hydrogen (secondary N) is 1. The highest BCUT2D eigenvalue weighted by Crippen LogP contribution is 2.29. The molecule has 26 heavy (non-hydrogen) atoms. The van der Waals surface area contributed by atoms with Gasteiger partial charge in [0.05, 0.1) is 18.9 Å². The van der Waals surface area contributed by atoms with E-state index < -0.39 is 0 Å². The first-order valence-electron chi connectivity index (χ1n) is 8.39. The van der Waals surface area contributed by atoms with Crippen LogP contribution in [0.25, 0.3) is 22.8 Å². The number of hydrogen-bond acceptors (Lipinski definition) is 4. The van der Waals surface area contributed by atoms with Crippen molar-refractivity contribution >= 4 is 5.91 Å². The van der Waals surface area contributed by atoms with Gasteiger partial charge in [-0.3, -0.25) is 4.79 Å². The number of rotatable bonds is 4. The van der Waals surface area contributed by atoms with E-state index in [0.29, 0.717) is 22.8 Å². The molecule has 3 rings (SSSR count). The summed E-state index contributed by atoms with van der Waals surface area (Å²) >= 11 is 0. The fourth-order valence-electron chi connectivity index (χ4n) is 2.56. The number of carbonyl (C=O) groups is 1. The Kier molecular flexibility index (Phi) is 4.80. The van der Waals surface area contributed by atoms with Crippen LogP contribution in [-0.2, 0) is 0 Å². The molecule has 1 heterocycles. The van der Waals surface area contributed by atoms with Crippen LogP contribution in [0.5, 0.6) is 5.75 Å². The summed E-state index contributed by atoms with van der Waals surface area (Å²) in [5, 5.41) is 2.97. The molecule has 134 valence electrons. The number of hydrogen-bond donors (Lipinski definition) is 1. The van der Waals surface area contributed by atoms with Gasteiger partial charge in [0.1, 0.15) is 5.75 Å². The van der Waals surface area contributed by atoms with Crippen molar-refractivity contribution in [2.45, 2.75) is 26.3 Å². The molecule has 0 saturated carbocycles. The van der Waals surface area contributed by atoms with Gasteiger partial charge in [-0.1, -0.05) is 12.1 Å². The molecule has 1 N–H and O–H groups in total. The quantitative estimate of drug-likeness (QED) is 0.750. The monoisotopic (exact) mass is 350 g/mol. The van der Waals surface area contributed by atoms with E-state index in [4.69, 9.17) is 9.15 Å². The molecule has 2 aromatic carbocycles. The van der Waals surface area contributed by atoms with Crippen LogP contribution in [-0.4, -0.2) is 23.5 Å². The minimum atomic E-state index is -0.324. The molecule has 1 amide bonds. The third kappa shape index (κ3) is 3.94. The van der Waals surface area contributed by atoms with Crippen molar-refractivity contribution in [3.8, 4) is 28.5 Å². The number of carbonyl (C=O) groups excluding carboxylic acids is 1. The molecule has 0 saturated heterocycles. The lowest BCUT2D eigenvalue weighted by Gasteiger charge is -2.21. The normalized spacial score (nSPS) is 11.2. The molecule has 0 spiro atoms. The summed E-state index contributed by atoms with van der Waals surface area (Å²) in [4.78, 5) is 17.0. The molecule has 0 unspecified atom stereocenters. The van der Waals surface area contributed by atoms with Crippen molar-refractivity contribution < 1.29 is 13.9 Å². The molecule has 0 aliphatic carbocycles. The number of benzene rings is 2. The van der Waals surface area contributed by atoms with Crippen molar-refractivity contribution in [3.05, 3.63) is 60.3 Å². The second-order valence-electron chi connectivity index (χ2n) is 7.01. The van der Waals surface area contributed by atoms with E-state index >= 15 is 0 Å². The third-order valence-electron chi connectivity index (χ3n) is 3.77. The summed E-state index contributed by atoms with van der Waals surface area (Å²) in [6.45, 7) is 5.83. The molecule has 0 bridgehead atoms. The number of nitrogens with zero attached hydrogens (tertiary/aromatic N) is 1. The van der Waals surface area contributed by atoms with E-state index in [9.17, 15) is 4.79 Å². The average molecular weight is 350 g/mol. The first-order valence-corrected chi connectivity index (χ1v) is 8.39. The second kappa shape index (κ2) is 7.04. The Hall–Kier alpha value is -3.08. The topological polar surface area (TPSA) is 64.4 Å². The van der Waals surface area contributed by atoms with Crippen molar-refractivity contribution in [1.29, 1.82) is 0 Å². The van der Waals surface area contributed by atoms with Crippen LogP contribution < -0.4 is 10.1 Å². The predicted molar refractivity (Wildman–Crippen MR) is 101 cm³/mol. The standard InChI is InChI=1S/C21H22N2O3/c1-21(2,3)23-19(24)16-7-5-6-8-17(16)20-22-13-18(26-20)14-9-11-15(25-4)12-10-14/h5-13H,1-4H3,(H,23,24). The number of aromatic nitrogens is 1. The van der Waals surface area contributed by atoms with Crippen molar-refractivity contribution in [2.24, 2.45) is 0 Å². The van der Waals surface area contributed by atoms with E-state index in [2.05, 4.69) is 10.3 Å². The van der Waals surface area contributed by atoms with Gasteiger partial charge in [-0.2, -0.15) is 0 Å². The van der Waals surface area contributed by atoms with Crippen LogP contribution in [0.1, 0.15) is 31.1 Å². The maximum atomic E-state index is 12.6. The van der Waals surface area contributed by atoms with Crippen molar-refractivity contribution in [2.75, 3.05) is 7.11 Å². The van der Waals surface area contributed by atoms with Crippen LogP contribution in [0, 0.1) is 0 Å². The number of ether oxygens (including phenoxy) is 1. The molecule has 0 atom stereocenters. The molecule has 5 nitrogen and oxygen atoms in total. The van der Waals surface area contributed by atoms with Gasteiger partial charge in [-0.25, -0.2) is 4.98 Å². The van der Waals surface area contributed by atoms with E-state index in [1.165, 1.54) is 0 Å². The zero-order valence-electron chi connectivity index (χ0n) is 15.4. The Balaban J connectivity index is 1.93. The lowest BCUT2D eigenvalue weighted by molar-refractivity contribution is 0.0920. The number of oxazole rings is 1. The summed E-state index contributed by atoms with van der Waals surface area (Å²) < 4.78 is 11.1. The highest BCUT2D eigenvalue weighted by Gasteiger charge is 2.20.